The number of fused-ring (bicyclic) bond motifs is 1. The Morgan fingerprint density at radius 3 is 2.39 bits per heavy atom. The molecule has 0 saturated carbocycles. The molecular weight excluding hydrogens is 439 g/mol. The van der Waals surface area contributed by atoms with Crippen LogP contribution in [-0.4, -0.2) is 34.6 Å². The molecule has 2 aliphatic heterocycles. The van der Waals surface area contributed by atoms with Gasteiger partial charge in [-0.1, -0.05) is 18.2 Å². The third-order valence-corrected chi connectivity index (χ3v) is 5.77. The van der Waals surface area contributed by atoms with Crippen LogP contribution in [-0.2, 0) is 40.1 Å². The second-order valence-corrected chi connectivity index (χ2v) is 8.10. The highest BCUT2D eigenvalue weighted by Gasteiger charge is 2.35. The van der Waals surface area contributed by atoms with Gasteiger partial charge in [0.25, 0.3) is 5.91 Å². The van der Waals surface area contributed by atoms with Crippen molar-refractivity contribution in [2.24, 2.45) is 0 Å². The molecule has 1 saturated heterocycles. The lowest BCUT2D eigenvalue weighted by molar-refractivity contribution is -0.138. The summed E-state index contributed by atoms with van der Waals surface area (Å²) in [6.45, 7) is 0.943. The highest BCUT2D eigenvalue weighted by Crippen LogP contribution is 2.29. The number of carbonyl (C=O) groups excluding carboxylic acids is 4. The second-order valence-electron chi connectivity index (χ2n) is 8.10. The lowest BCUT2D eigenvalue weighted by atomic mass is 10.0. The Labute approximate surface area is 186 Å². The number of carbonyl (C=O) groups is 4. The van der Waals surface area contributed by atoms with Crippen molar-refractivity contribution in [3.8, 4) is 0 Å². The molecule has 1 atom stereocenters. The summed E-state index contributed by atoms with van der Waals surface area (Å²) < 4.78 is 37.9. The van der Waals surface area contributed by atoms with Crippen LogP contribution in [0.2, 0.25) is 0 Å². The standard InChI is InChI=1S/C23H20F3N3O4/c24-23(25,26)17-5-1-13(2-6-17)9-20(31)28-21(32)14-3-4-15-11-29(12-16(15)10-14)18-7-8-19(30)27-22(18)33/h1-6,10,18H,7-9,11-12H2,(H,27,30,33)(H,28,31,32). The zero-order valence-electron chi connectivity index (χ0n) is 17.4. The maximum Gasteiger partial charge on any atom is 0.416 e. The third kappa shape index (κ3) is 5.11. The number of benzene rings is 2. The fraction of sp³-hybridized carbons (Fsp3) is 0.304. The van der Waals surface area contributed by atoms with Crippen molar-refractivity contribution in [1.82, 2.24) is 15.5 Å². The van der Waals surface area contributed by atoms with Crippen LogP contribution in [0.4, 0.5) is 13.2 Å². The van der Waals surface area contributed by atoms with Gasteiger partial charge < -0.3 is 0 Å². The summed E-state index contributed by atoms with van der Waals surface area (Å²) >= 11 is 0. The molecule has 0 aromatic heterocycles. The molecular formula is C23H20F3N3O4. The van der Waals surface area contributed by atoms with Gasteiger partial charge in [-0.15, -0.1) is 0 Å². The number of alkyl halides is 3. The second kappa shape index (κ2) is 8.78. The molecule has 0 bridgehead atoms. The van der Waals surface area contributed by atoms with Crippen LogP contribution in [0.15, 0.2) is 42.5 Å². The summed E-state index contributed by atoms with van der Waals surface area (Å²) in [5, 5.41) is 4.59. The summed E-state index contributed by atoms with van der Waals surface area (Å²) in [6.07, 6.45) is -3.99. The average Bonchev–Trinajstić information content (AvgIpc) is 3.16. The fourth-order valence-electron chi connectivity index (χ4n) is 4.05. The van der Waals surface area contributed by atoms with Crippen LogP contribution in [0.3, 0.4) is 0 Å². The molecule has 2 heterocycles. The quantitative estimate of drug-likeness (QED) is 0.685. The Balaban J connectivity index is 1.36. The van der Waals surface area contributed by atoms with Crippen LogP contribution in [0.1, 0.15) is 45.5 Å². The van der Waals surface area contributed by atoms with Gasteiger partial charge in [-0.3, -0.25) is 34.7 Å². The molecule has 2 aliphatic rings. The Bertz CT molecular complexity index is 1130. The van der Waals surface area contributed by atoms with Gasteiger partial charge in [0.2, 0.25) is 17.7 Å². The third-order valence-electron chi connectivity index (χ3n) is 5.77. The van der Waals surface area contributed by atoms with E-state index in [1.54, 1.807) is 18.2 Å². The molecule has 10 heteroatoms. The monoisotopic (exact) mass is 459 g/mol. The first kappa shape index (κ1) is 22.7. The molecule has 0 spiro atoms. The molecule has 33 heavy (non-hydrogen) atoms. The fourth-order valence-corrected chi connectivity index (χ4v) is 4.05. The topological polar surface area (TPSA) is 95.6 Å². The molecule has 1 unspecified atom stereocenters. The van der Waals surface area contributed by atoms with Gasteiger partial charge in [-0.05, 0) is 47.4 Å². The molecule has 1 fully saturated rings. The van der Waals surface area contributed by atoms with Crippen LogP contribution in [0.5, 0.6) is 0 Å². The van der Waals surface area contributed by atoms with Crippen molar-refractivity contribution in [2.45, 2.75) is 44.6 Å². The predicted octanol–water partition coefficient (Wildman–Crippen LogP) is 2.33. The zero-order valence-corrected chi connectivity index (χ0v) is 17.4. The maximum absolute atomic E-state index is 12.6. The van der Waals surface area contributed by atoms with E-state index in [-0.39, 0.29) is 30.2 Å². The van der Waals surface area contributed by atoms with Gasteiger partial charge in [0, 0.05) is 25.1 Å². The Hall–Kier alpha value is -3.53. The molecule has 2 aromatic rings. The minimum atomic E-state index is -4.46. The normalized spacial score (nSPS) is 18.6. The van der Waals surface area contributed by atoms with Crippen LogP contribution in [0, 0.1) is 0 Å². The van der Waals surface area contributed by atoms with Gasteiger partial charge in [0.1, 0.15) is 0 Å². The Morgan fingerprint density at radius 2 is 1.73 bits per heavy atom. The van der Waals surface area contributed by atoms with E-state index in [0.717, 1.165) is 23.3 Å². The number of nitrogens with zero attached hydrogens (tertiary/aromatic N) is 1. The highest BCUT2D eigenvalue weighted by molar-refractivity contribution is 6.05. The number of hydrogen-bond acceptors (Lipinski definition) is 5. The van der Waals surface area contributed by atoms with Gasteiger partial charge in [0.15, 0.2) is 0 Å². The molecule has 4 amide bonds. The number of nitrogens with one attached hydrogen (secondary N) is 2. The van der Waals surface area contributed by atoms with Crippen LogP contribution >= 0.6 is 0 Å². The number of hydrogen-bond donors (Lipinski definition) is 2. The van der Waals surface area contributed by atoms with Crippen molar-refractivity contribution in [3.05, 3.63) is 70.3 Å². The summed E-state index contributed by atoms with van der Waals surface area (Å²) in [5.74, 6) is -1.86. The minimum Gasteiger partial charge on any atom is -0.295 e. The number of rotatable bonds is 4. The number of imide groups is 2. The zero-order chi connectivity index (χ0) is 23.8. The predicted molar refractivity (Wildman–Crippen MR) is 109 cm³/mol. The number of amides is 4. The maximum atomic E-state index is 12.6. The molecule has 2 aromatic carbocycles. The SMILES string of the molecule is O=C(Cc1ccc(C(F)(F)F)cc1)NC(=O)c1ccc2c(c1)CN(C1CCC(=O)NC1=O)C2. The van der Waals surface area contributed by atoms with Crippen LogP contribution in [0.25, 0.3) is 0 Å². The van der Waals surface area contributed by atoms with E-state index in [1.165, 1.54) is 12.1 Å². The van der Waals surface area contributed by atoms with Crippen LogP contribution < -0.4 is 10.6 Å². The van der Waals surface area contributed by atoms with Crippen molar-refractivity contribution in [3.63, 3.8) is 0 Å². The van der Waals surface area contributed by atoms with E-state index in [9.17, 15) is 32.3 Å². The first-order valence-electron chi connectivity index (χ1n) is 10.3. The summed E-state index contributed by atoms with van der Waals surface area (Å²) in [7, 11) is 0. The van der Waals surface area contributed by atoms with Crippen molar-refractivity contribution >= 4 is 23.6 Å². The van der Waals surface area contributed by atoms with Crippen molar-refractivity contribution < 1.29 is 32.3 Å². The van der Waals surface area contributed by atoms with Gasteiger partial charge >= 0.3 is 6.18 Å². The van der Waals surface area contributed by atoms with Gasteiger partial charge in [-0.25, -0.2) is 0 Å². The van der Waals surface area contributed by atoms with E-state index >= 15 is 0 Å². The lowest BCUT2D eigenvalue weighted by Gasteiger charge is -2.29. The average molecular weight is 459 g/mol. The van der Waals surface area contributed by atoms with Gasteiger partial charge in [0.05, 0.1) is 18.0 Å². The first-order valence-corrected chi connectivity index (χ1v) is 10.3. The largest absolute Gasteiger partial charge is 0.416 e. The molecule has 2 N–H and O–H groups in total. The van der Waals surface area contributed by atoms with E-state index in [2.05, 4.69) is 10.6 Å². The molecule has 0 aliphatic carbocycles. The highest BCUT2D eigenvalue weighted by atomic mass is 19.4. The summed E-state index contributed by atoms with van der Waals surface area (Å²) in [5.41, 5.74) is 1.60. The molecule has 172 valence electrons. The molecule has 4 rings (SSSR count). The summed E-state index contributed by atoms with van der Waals surface area (Å²) in [4.78, 5) is 50.1. The van der Waals surface area contributed by atoms with Crippen molar-refractivity contribution in [1.29, 1.82) is 0 Å². The van der Waals surface area contributed by atoms with E-state index in [4.69, 9.17) is 0 Å². The van der Waals surface area contributed by atoms with E-state index in [1.807, 2.05) is 4.90 Å². The Kier molecular flexibility index (Phi) is 6.03. The number of halogens is 3. The van der Waals surface area contributed by atoms with Gasteiger partial charge in [-0.2, -0.15) is 13.2 Å². The summed E-state index contributed by atoms with van der Waals surface area (Å²) in [6, 6.07) is 8.75. The van der Waals surface area contributed by atoms with Crippen molar-refractivity contribution in [2.75, 3.05) is 0 Å². The first-order chi connectivity index (χ1) is 15.6. The molecule has 7 nitrogen and oxygen atoms in total. The molecule has 0 radical (unpaired) electrons. The minimum absolute atomic E-state index is 0.238. The lowest BCUT2D eigenvalue weighted by Crippen LogP contribution is -2.50. The Morgan fingerprint density at radius 1 is 1.03 bits per heavy atom. The van der Waals surface area contributed by atoms with E-state index in [0.29, 0.717) is 25.1 Å². The smallest absolute Gasteiger partial charge is 0.295 e. The van der Waals surface area contributed by atoms with E-state index < -0.39 is 29.6 Å². The number of piperidine rings is 1.